The van der Waals surface area contributed by atoms with Crippen LogP contribution in [0.1, 0.15) is 6.92 Å². The van der Waals surface area contributed by atoms with Gasteiger partial charge in [0.2, 0.25) is 0 Å². The third kappa shape index (κ3) is 3.59. The first-order valence-electron chi connectivity index (χ1n) is 3.65. The SMILES string of the molecule is C/C=C(\C=NC)C(OC)C(F)(F)F. The predicted octanol–water partition coefficient (Wildman–Crippen LogP) is 2.21. The first kappa shape index (κ1) is 12.2. The van der Waals surface area contributed by atoms with Gasteiger partial charge in [-0.2, -0.15) is 13.2 Å². The van der Waals surface area contributed by atoms with E-state index in [4.69, 9.17) is 0 Å². The van der Waals surface area contributed by atoms with E-state index in [1.165, 1.54) is 20.0 Å². The van der Waals surface area contributed by atoms with Crippen molar-refractivity contribution in [2.24, 2.45) is 4.99 Å². The van der Waals surface area contributed by atoms with Crippen LogP contribution < -0.4 is 0 Å². The number of allylic oxidation sites excluding steroid dienone is 1. The van der Waals surface area contributed by atoms with E-state index in [2.05, 4.69) is 9.73 Å². The maximum absolute atomic E-state index is 12.3. The molecule has 0 aromatic heterocycles. The summed E-state index contributed by atoms with van der Waals surface area (Å²) in [5, 5.41) is 0. The average molecular weight is 195 g/mol. The number of aliphatic imine (C=N–C) groups is 1. The summed E-state index contributed by atoms with van der Waals surface area (Å²) in [7, 11) is 2.43. The molecule has 0 saturated carbocycles. The number of methoxy groups -OCH3 is 1. The molecule has 1 atom stereocenters. The molecule has 0 heterocycles. The molecule has 2 nitrogen and oxygen atoms in total. The summed E-state index contributed by atoms with van der Waals surface area (Å²) in [5.74, 6) is 0. The van der Waals surface area contributed by atoms with E-state index in [9.17, 15) is 13.2 Å². The Kier molecular flexibility index (Phi) is 4.69. The fraction of sp³-hybridized carbons (Fsp3) is 0.625. The van der Waals surface area contributed by atoms with Gasteiger partial charge in [0.25, 0.3) is 0 Å². The van der Waals surface area contributed by atoms with Crippen LogP contribution in [0, 0.1) is 0 Å². The predicted molar refractivity (Wildman–Crippen MR) is 45.0 cm³/mol. The Bertz CT molecular complexity index is 208. The maximum Gasteiger partial charge on any atom is 0.418 e. The highest BCUT2D eigenvalue weighted by Gasteiger charge is 2.41. The van der Waals surface area contributed by atoms with Crippen molar-refractivity contribution in [2.45, 2.75) is 19.2 Å². The molecule has 13 heavy (non-hydrogen) atoms. The van der Waals surface area contributed by atoms with Crippen LogP contribution in [-0.4, -0.2) is 32.7 Å². The summed E-state index contributed by atoms with van der Waals surface area (Å²) in [6.07, 6.45) is -3.81. The van der Waals surface area contributed by atoms with Crippen LogP contribution in [0.5, 0.6) is 0 Å². The number of hydrogen-bond acceptors (Lipinski definition) is 2. The van der Waals surface area contributed by atoms with Crippen LogP contribution >= 0.6 is 0 Å². The Hall–Kier alpha value is -0.840. The first-order valence-corrected chi connectivity index (χ1v) is 3.65. The van der Waals surface area contributed by atoms with Gasteiger partial charge in [-0.1, -0.05) is 6.08 Å². The van der Waals surface area contributed by atoms with Gasteiger partial charge in [0, 0.05) is 25.9 Å². The number of rotatable bonds is 3. The van der Waals surface area contributed by atoms with Crippen LogP contribution in [0.25, 0.3) is 0 Å². The summed E-state index contributed by atoms with van der Waals surface area (Å²) >= 11 is 0. The van der Waals surface area contributed by atoms with Crippen molar-refractivity contribution in [2.75, 3.05) is 14.2 Å². The standard InChI is InChI=1S/C8H12F3NO/c1-4-6(5-12-2)7(13-3)8(9,10)11/h4-5,7H,1-3H3/b6-4+,12-5?. The van der Waals surface area contributed by atoms with Crippen molar-refractivity contribution in [3.63, 3.8) is 0 Å². The van der Waals surface area contributed by atoms with E-state index in [0.717, 1.165) is 13.3 Å². The molecule has 0 amide bonds. The van der Waals surface area contributed by atoms with E-state index in [-0.39, 0.29) is 5.57 Å². The lowest BCUT2D eigenvalue weighted by molar-refractivity contribution is -0.198. The summed E-state index contributed by atoms with van der Waals surface area (Å²) in [4.78, 5) is 3.52. The van der Waals surface area contributed by atoms with Crippen molar-refractivity contribution >= 4 is 6.21 Å². The zero-order chi connectivity index (χ0) is 10.5. The lowest BCUT2D eigenvalue weighted by Crippen LogP contribution is -2.33. The second-order valence-corrected chi connectivity index (χ2v) is 2.33. The highest BCUT2D eigenvalue weighted by atomic mass is 19.4. The van der Waals surface area contributed by atoms with E-state index in [0.29, 0.717) is 0 Å². The van der Waals surface area contributed by atoms with Gasteiger partial charge in [-0.15, -0.1) is 0 Å². The fourth-order valence-electron chi connectivity index (χ4n) is 0.901. The molecule has 0 aliphatic heterocycles. The number of halogens is 3. The van der Waals surface area contributed by atoms with Crippen LogP contribution in [0.15, 0.2) is 16.6 Å². The summed E-state index contributed by atoms with van der Waals surface area (Å²) in [6, 6.07) is 0. The topological polar surface area (TPSA) is 21.6 Å². The van der Waals surface area contributed by atoms with Gasteiger partial charge in [-0.3, -0.25) is 4.99 Å². The molecule has 0 aliphatic rings. The normalized spacial score (nSPS) is 16.6. The van der Waals surface area contributed by atoms with Crippen molar-refractivity contribution in [1.82, 2.24) is 0 Å². The fourth-order valence-corrected chi connectivity index (χ4v) is 0.901. The van der Waals surface area contributed by atoms with Crippen molar-refractivity contribution < 1.29 is 17.9 Å². The van der Waals surface area contributed by atoms with Gasteiger partial charge in [0.15, 0.2) is 6.10 Å². The first-order chi connectivity index (χ1) is 5.97. The molecule has 0 aromatic carbocycles. The third-order valence-electron chi connectivity index (χ3n) is 1.45. The molecule has 0 fully saturated rings. The Morgan fingerprint density at radius 1 is 1.46 bits per heavy atom. The largest absolute Gasteiger partial charge is 0.418 e. The van der Waals surface area contributed by atoms with Crippen LogP contribution in [0.3, 0.4) is 0 Å². The smallest absolute Gasteiger partial charge is 0.367 e. The van der Waals surface area contributed by atoms with Crippen LogP contribution in [0.2, 0.25) is 0 Å². The molecule has 0 radical (unpaired) electrons. The second kappa shape index (κ2) is 5.01. The lowest BCUT2D eigenvalue weighted by atomic mass is 10.1. The Morgan fingerprint density at radius 3 is 2.23 bits per heavy atom. The summed E-state index contributed by atoms with van der Waals surface area (Å²) in [6.45, 7) is 1.51. The van der Waals surface area contributed by atoms with Gasteiger partial charge in [0.05, 0.1) is 0 Å². The van der Waals surface area contributed by atoms with E-state index in [1.807, 2.05) is 0 Å². The minimum absolute atomic E-state index is 0.0116. The Labute approximate surface area is 75.1 Å². The second-order valence-electron chi connectivity index (χ2n) is 2.33. The summed E-state index contributed by atoms with van der Waals surface area (Å²) < 4.78 is 41.1. The van der Waals surface area contributed by atoms with E-state index < -0.39 is 12.3 Å². The highest BCUT2D eigenvalue weighted by Crippen LogP contribution is 2.26. The Balaban J connectivity index is 4.75. The minimum Gasteiger partial charge on any atom is -0.367 e. The maximum atomic E-state index is 12.3. The number of alkyl halides is 3. The quantitative estimate of drug-likeness (QED) is 0.632. The van der Waals surface area contributed by atoms with Gasteiger partial charge < -0.3 is 4.74 Å². The molecule has 0 aromatic rings. The molecule has 5 heteroatoms. The molecule has 0 aliphatic carbocycles. The number of ether oxygens (including phenoxy) is 1. The molecular weight excluding hydrogens is 183 g/mol. The number of hydrogen-bond donors (Lipinski definition) is 0. The monoisotopic (exact) mass is 195 g/mol. The minimum atomic E-state index is -4.39. The zero-order valence-corrected chi connectivity index (χ0v) is 7.72. The molecule has 0 spiro atoms. The lowest BCUT2D eigenvalue weighted by Gasteiger charge is -2.19. The Morgan fingerprint density at radius 2 is 2.00 bits per heavy atom. The van der Waals surface area contributed by atoms with Gasteiger partial charge in [-0.25, -0.2) is 0 Å². The zero-order valence-electron chi connectivity index (χ0n) is 7.72. The third-order valence-corrected chi connectivity index (χ3v) is 1.45. The van der Waals surface area contributed by atoms with Crippen molar-refractivity contribution in [3.05, 3.63) is 11.6 Å². The summed E-state index contributed by atoms with van der Waals surface area (Å²) in [5.41, 5.74) is 0.0116. The molecular formula is C8H12F3NO. The van der Waals surface area contributed by atoms with E-state index in [1.54, 1.807) is 0 Å². The molecule has 0 saturated heterocycles. The molecule has 0 rings (SSSR count). The van der Waals surface area contributed by atoms with Crippen molar-refractivity contribution in [1.29, 1.82) is 0 Å². The molecule has 1 unspecified atom stereocenters. The van der Waals surface area contributed by atoms with Crippen LogP contribution in [-0.2, 0) is 4.74 Å². The number of nitrogens with zero attached hydrogens (tertiary/aromatic N) is 1. The molecule has 76 valence electrons. The van der Waals surface area contributed by atoms with Crippen LogP contribution in [0.4, 0.5) is 13.2 Å². The average Bonchev–Trinajstić information content (AvgIpc) is 2.01. The molecule has 0 N–H and O–H groups in total. The highest BCUT2D eigenvalue weighted by molar-refractivity contribution is 5.79. The van der Waals surface area contributed by atoms with Gasteiger partial charge in [-0.05, 0) is 6.92 Å². The van der Waals surface area contributed by atoms with Crippen molar-refractivity contribution in [3.8, 4) is 0 Å². The molecule has 0 bridgehead atoms. The van der Waals surface area contributed by atoms with Gasteiger partial charge >= 0.3 is 6.18 Å². The van der Waals surface area contributed by atoms with Gasteiger partial charge in [0.1, 0.15) is 0 Å². The van der Waals surface area contributed by atoms with E-state index >= 15 is 0 Å².